The van der Waals surface area contributed by atoms with Gasteiger partial charge < -0.3 is 0 Å². The van der Waals surface area contributed by atoms with Crippen LogP contribution in [0, 0.1) is 6.92 Å². The van der Waals surface area contributed by atoms with E-state index in [1.165, 1.54) is 14.2 Å². The Labute approximate surface area is 81.8 Å². The van der Waals surface area contributed by atoms with Crippen molar-refractivity contribution < 1.29 is 0 Å². The van der Waals surface area contributed by atoms with Crippen LogP contribution < -0.4 is 0 Å². The normalized spacial score (nSPS) is 8.82. The van der Waals surface area contributed by atoms with Gasteiger partial charge in [-0.15, -0.1) is 11.3 Å². The maximum atomic E-state index is 3.48. The van der Waals surface area contributed by atoms with Crippen LogP contribution in [-0.4, -0.2) is 0 Å². The third-order valence-electron chi connectivity index (χ3n) is 1.26. The predicted octanol–water partition coefficient (Wildman–Crippen LogP) is 4.41. The van der Waals surface area contributed by atoms with Gasteiger partial charge in [0.25, 0.3) is 0 Å². The van der Waals surface area contributed by atoms with E-state index in [1.807, 2.05) is 25.2 Å². The fraction of sp³-hybridized carbons (Fsp3) is 0.556. The molecule has 1 aromatic heterocycles. The van der Waals surface area contributed by atoms with Crippen LogP contribution in [0.15, 0.2) is 9.85 Å². The van der Waals surface area contributed by atoms with Gasteiger partial charge in [-0.05, 0) is 40.9 Å². The summed E-state index contributed by atoms with van der Waals surface area (Å²) in [5, 5.41) is 0. The first-order chi connectivity index (χ1) is 5.24. The van der Waals surface area contributed by atoms with E-state index in [0.29, 0.717) is 0 Å². The maximum absolute atomic E-state index is 3.48. The van der Waals surface area contributed by atoms with Crippen molar-refractivity contribution in [1.82, 2.24) is 0 Å². The van der Waals surface area contributed by atoms with E-state index in [9.17, 15) is 0 Å². The van der Waals surface area contributed by atoms with Crippen molar-refractivity contribution in [2.24, 2.45) is 0 Å². The second-order valence-corrected chi connectivity index (χ2v) is 4.48. The molecule has 0 unspecified atom stereocenters. The van der Waals surface area contributed by atoms with Crippen LogP contribution in [0.2, 0.25) is 0 Å². The summed E-state index contributed by atoms with van der Waals surface area (Å²) < 4.78 is 1.28. The van der Waals surface area contributed by atoms with Crippen LogP contribution >= 0.6 is 27.3 Å². The topological polar surface area (TPSA) is 0 Å². The standard InChI is InChI=1S/C7H9BrS.C2H6/c1-3-6-4-5(2)7(8)9-6;1-2/h4H,3H2,1-2H3;1-2H3. The lowest BCUT2D eigenvalue weighted by Gasteiger charge is -1.79. The molecule has 0 nitrogen and oxygen atoms in total. The maximum Gasteiger partial charge on any atom is 0.0730 e. The summed E-state index contributed by atoms with van der Waals surface area (Å²) in [6.45, 7) is 8.30. The summed E-state index contributed by atoms with van der Waals surface area (Å²) in [7, 11) is 0. The molecule has 0 N–H and O–H groups in total. The van der Waals surface area contributed by atoms with Gasteiger partial charge in [-0.3, -0.25) is 0 Å². The molecule has 0 spiro atoms. The Morgan fingerprint density at radius 3 is 2.18 bits per heavy atom. The van der Waals surface area contributed by atoms with E-state index in [2.05, 4.69) is 35.8 Å². The van der Waals surface area contributed by atoms with Gasteiger partial charge in [-0.1, -0.05) is 20.8 Å². The summed E-state index contributed by atoms with van der Waals surface area (Å²) in [6, 6.07) is 2.23. The van der Waals surface area contributed by atoms with Crippen molar-refractivity contribution in [2.45, 2.75) is 34.1 Å². The Kier molecular flexibility index (Phi) is 5.88. The van der Waals surface area contributed by atoms with Gasteiger partial charge in [0, 0.05) is 4.88 Å². The molecule has 1 aromatic rings. The molecule has 0 bridgehead atoms. The van der Waals surface area contributed by atoms with Crippen molar-refractivity contribution in [3.05, 3.63) is 20.3 Å². The minimum atomic E-state index is 1.15. The smallest absolute Gasteiger partial charge is 0.0730 e. The summed E-state index contributed by atoms with van der Waals surface area (Å²) in [5.41, 5.74) is 1.36. The lowest BCUT2D eigenvalue weighted by atomic mass is 10.3. The molecule has 0 atom stereocenters. The Morgan fingerprint density at radius 1 is 1.45 bits per heavy atom. The van der Waals surface area contributed by atoms with E-state index in [-0.39, 0.29) is 0 Å². The van der Waals surface area contributed by atoms with Crippen molar-refractivity contribution in [1.29, 1.82) is 0 Å². The van der Waals surface area contributed by atoms with E-state index < -0.39 is 0 Å². The highest BCUT2D eigenvalue weighted by molar-refractivity contribution is 9.11. The fourth-order valence-corrected chi connectivity index (χ4v) is 2.27. The van der Waals surface area contributed by atoms with Crippen molar-refractivity contribution in [2.75, 3.05) is 0 Å². The van der Waals surface area contributed by atoms with E-state index in [1.54, 1.807) is 0 Å². The lowest BCUT2D eigenvalue weighted by molar-refractivity contribution is 1.18. The molecule has 1 rings (SSSR count). The molecular formula is C9H15BrS. The van der Waals surface area contributed by atoms with Crippen LogP contribution in [0.1, 0.15) is 31.2 Å². The van der Waals surface area contributed by atoms with E-state index in [0.717, 1.165) is 6.42 Å². The fourth-order valence-electron chi connectivity index (χ4n) is 0.698. The quantitative estimate of drug-likeness (QED) is 0.676. The molecule has 0 fully saturated rings. The Hall–Kier alpha value is 0.180. The minimum absolute atomic E-state index is 1.15. The molecular weight excluding hydrogens is 220 g/mol. The molecule has 0 saturated heterocycles. The van der Waals surface area contributed by atoms with Crippen molar-refractivity contribution in [3.63, 3.8) is 0 Å². The monoisotopic (exact) mass is 234 g/mol. The predicted molar refractivity (Wildman–Crippen MR) is 57.5 cm³/mol. The number of thiophene rings is 1. The van der Waals surface area contributed by atoms with Crippen LogP contribution in [0.4, 0.5) is 0 Å². The van der Waals surface area contributed by atoms with Gasteiger partial charge in [0.05, 0.1) is 3.79 Å². The number of rotatable bonds is 1. The first kappa shape index (κ1) is 11.2. The highest BCUT2D eigenvalue weighted by Gasteiger charge is 1.98. The Bertz CT molecular complexity index is 184. The molecule has 0 radical (unpaired) electrons. The third kappa shape index (κ3) is 3.39. The highest BCUT2D eigenvalue weighted by atomic mass is 79.9. The molecule has 0 aliphatic carbocycles. The van der Waals surface area contributed by atoms with Crippen LogP contribution in [0.25, 0.3) is 0 Å². The minimum Gasteiger partial charge on any atom is -0.133 e. The summed E-state index contributed by atoms with van der Waals surface area (Å²) >= 11 is 5.31. The number of halogens is 1. The molecule has 0 aliphatic rings. The number of hydrogen-bond donors (Lipinski definition) is 0. The van der Waals surface area contributed by atoms with Gasteiger partial charge in [0.2, 0.25) is 0 Å². The second-order valence-electron chi connectivity index (χ2n) is 2.02. The zero-order chi connectivity index (χ0) is 8.85. The van der Waals surface area contributed by atoms with Gasteiger partial charge in [-0.25, -0.2) is 0 Å². The molecule has 0 saturated carbocycles. The first-order valence-corrected chi connectivity index (χ1v) is 5.59. The first-order valence-electron chi connectivity index (χ1n) is 3.99. The molecule has 64 valence electrons. The van der Waals surface area contributed by atoms with Crippen LogP contribution in [0.3, 0.4) is 0 Å². The van der Waals surface area contributed by atoms with Gasteiger partial charge in [-0.2, -0.15) is 0 Å². The average Bonchev–Trinajstić information content (AvgIpc) is 2.36. The van der Waals surface area contributed by atoms with Gasteiger partial charge >= 0.3 is 0 Å². The molecule has 0 aliphatic heterocycles. The second kappa shape index (κ2) is 5.78. The van der Waals surface area contributed by atoms with Crippen molar-refractivity contribution in [3.8, 4) is 0 Å². The molecule has 11 heavy (non-hydrogen) atoms. The van der Waals surface area contributed by atoms with Gasteiger partial charge in [0.15, 0.2) is 0 Å². The number of hydrogen-bond acceptors (Lipinski definition) is 1. The van der Waals surface area contributed by atoms with Crippen molar-refractivity contribution >= 4 is 27.3 Å². The van der Waals surface area contributed by atoms with Gasteiger partial charge in [0.1, 0.15) is 0 Å². The van der Waals surface area contributed by atoms with Crippen LogP contribution in [-0.2, 0) is 6.42 Å². The summed E-state index contributed by atoms with van der Waals surface area (Å²) in [4.78, 5) is 1.46. The molecule has 2 heteroatoms. The highest BCUT2D eigenvalue weighted by Crippen LogP contribution is 2.27. The lowest BCUT2D eigenvalue weighted by Crippen LogP contribution is -1.65. The largest absolute Gasteiger partial charge is 0.133 e. The number of aryl methyl sites for hydroxylation is 2. The summed E-state index contributed by atoms with van der Waals surface area (Å²) in [6.07, 6.45) is 1.15. The Balaban J connectivity index is 0.000000461. The SMILES string of the molecule is CC.CCc1cc(C)c(Br)s1. The third-order valence-corrected chi connectivity index (χ3v) is 3.54. The Morgan fingerprint density at radius 2 is 2.00 bits per heavy atom. The summed E-state index contributed by atoms with van der Waals surface area (Å²) in [5.74, 6) is 0. The average molecular weight is 235 g/mol. The molecule has 1 heterocycles. The zero-order valence-corrected chi connectivity index (χ0v) is 9.97. The van der Waals surface area contributed by atoms with E-state index in [4.69, 9.17) is 0 Å². The van der Waals surface area contributed by atoms with E-state index >= 15 is 0 Å². The molecule has 0 aromatic carbocycles. The zero-order valence-electron chi connectivity index (χ0n) is 7.57. The van der Waals surface area contributed by atoms with Crippen LogP contribution in [0.5, 0.6) is 0 Å². The molecule has 0 amide bonds.